The summed E-state index contributed by atoms with van der Waals surface area (Å²) >= 11 is 0. The van der Waals surface area contributed by atoms with Gasteiger partial charge in [0.15, 0.2) is 0 Å². The number of fused-ring (bicyclic) bond motifs is 5. The first-order valence-corrected chi connectivity index (χ1v) is 6.36. The molecule has 2 fully saturated rings. The zero-order chi connectivity index (χ0) is 11.3. The zero-order valence-corrected chi connectivity index (χ0v) is 9.67. The molecule has 0 aromatic rings. The molecule has 0 aromatic heterocycles. The molecule has 0 spiro atoms. The van der Waals surface area contributed by atoms with Crippen LogP contribution < -0.4 is 0 Å². The molecule has 1 aliphatic heterocycles. The Kier molecular flexibility index (Phi) is 2.32. The maximum absolute atomic E-state index is 11.2. The van der Waals surface area contributed by atoms with Gasteiger partial charge in [0, 0.05) is 13.1 Å². The molecular formula is C13H19NO2. The smallest absolute Gasteiger partial charge is 0.320 e. The minimum absolute atomic E-state index is 0.259. The van der Waals surface area contributed by atoms with Crippen LogP contribution in [0.5, 0.6) is 0 Å². The lowest BCUT2D eigenvalue weighted by Crippen LogP contribution is -2.40. The number of hydrogen-bond donors (Lipinski definition) is 1. The fraction of sp³-hybridized carbons (Fsp3) is 0.769. The molecule has 5 atom stereocenters. The van der Waals surface area contributed by atoms with Crippen LogP contribution in [0.3, 0.4) is 0 Å². The van der Waals surface area contributed by atoms with Gasteiger partial charge in [0.05, 0.1) is 0 Å². The first-order valence-electron chi connectivity index (χ1n) is 6.36. The van der Waals surface area contributed by atoms with Crippen molar-refractivity contribution in [2.75, 3.05) is 13.1 Å². The monoisotopic (exact) mass is 221 g/mol. The molecule has 3 nitrogen and oxygen atoms in total. The Bertz CT molecular complexity index is 319. The molecule has 3 rings (SSSR count). The number of carboxylic acid groups (broad SMARTS) is 1. The molecule has 0 radical (unpaired) electrons. The molecule has 5 unspecified atom stereocenters. The topological polar surface area (TPSA) is 40.5 Å². The predicted octanol–water partition coefficient (Wildman–Crippen LogP) is 1.60. The highest BCUT2D eigenvalue weighted by Crippen LogP contribution is 2.51. The Balaban J connectivity index is 1.73. The Morgan fingerprint density at radius 1 is 1.38 bits per heavy atom. The van der Waals surface area contributed by atoms with E-state index >= 15 is 0 Å². The summed E-state index contributed by atoms with van der Waals surface area (Å²) < 4.78 is 0. The van der Waals surface area contributed by atoms with Gasteiger partial charge in [-0.25, -0.2) is 0 Å². The summed E-state index contributed by atoms with van der Waals surface area (Å²) in [5, 5.41) is 9.19. The molecular weight excluding hydrogens is 202 g/mol. The van der Waals surface area contributed by atoms with Gasteiger partial charge < -0.3 is 5.11 Å². The van der Waals surface area contributed by atoms with Crippen LogP contribution in [-0.4, -0.2) is 35.1 Å². The fourth-order valence-electron chi connectivity index (χ4n) is 4.03. The second kappa shape index (κ2) is 3.59. The van der Waals surface area contributed by atoms with E-state index in [9.17, 15) is 9.90 Å². The maximum atomic E-state index is 11.2. The number of nitrogens with zero attached hydrogens (tertiary/aromatic N) is 1. The normalized spacial score (nSPS) is 42.6. The summed E-state index contributed by atoms with van der Waals surface area (Å²) in [5.74, 6) is 2.31. The van der Waals surface area contributed by atoms with E-state index in [4.69, 9.17) is 0 Å². The van der Waals surface area contributed by atoms with Gasteiger partial charge in [-0.1, -0.05) is 19.1 Å². The van der Waals surface area contributed by atoms with Crippen LogP contribution in [0.15, 0.2) is 12.2 Å². The molecule has 1 N–H and O–H groups in total. The summed E-state index contributed by atoms with van der Waals surface area (Å²) in [6.45, 7) is 3.97. The van der Waals surface area contributed by atoms with E-state index < -0.39 is 5.97 Å². The van der Waals surface area contributed by atoms with E-state index in [1.807, 2.05) is 6.92 Å². The van der Waals surface area contributed by atoms with E-state index in [0.717, 1.165) is 43.2 Å². The SMILES string of the molecule is CCC(C(=O)O)N1CC2C3C=CC(C3)C2C1. The minimum atomic E-state index is -0.650. The average molecular weight is 221 g/mol. The lowest BCUT2D eigenvalue weighted by molar-refractivity contribution is -0.143. The van der Waals surface area contributed by atoms with Gasteiger partial charge in [-0.15, -0.1) is 0 Å². The Morgan fingerprint density at radius 3 is 2.38 bits per heavy atom. The number of hydrogen-bond acceptors (Lipinski definition) is 2. The molecule has 3 aliphatic rings. The third kappa shape index (κ3) is 1.34. The summed E-state index contributed by atoms with van der Waals surface area (Å²) in [4.78, 5) is 13.4. The molecule has 2 aliphatic carbocycles. The van der Waals surface area contributed by atoms with Crippen molar-refractivity contribution in [2.45, 2.75) is 25.8 Å². The van der Waals surface area contributed by atoms with Gasteiger partial charge in [-0.3, -0.25) is 9.69 Å². The summed E-state index contributed by atoms with van der Waals surface area (Å²) in [7, 11) is 0. The number of rotatable bonds is 3. The van der Waals surface area contributed by atoms with Crippen LogP contribution in [0, 0.1) is 23.7 Å². The van der Waals surface area contributed by atoms with Crippen LogP contribution in [-0.2, 0) is 4.79 Å². The van der Waals surface area contributed by atoms with E-state index in [1.54, 1.807) is 0 Å². The Hall–Kier alpha value is -0.830. The Labute approximate surface area is 96.1 Å². The Morgan fingerprint density at radius 2 is 1.94 bits per heavy atom. The predicted molar refractivity (Wildman–Crippen MR) is 61.0 cm³/mol. The van der Waals surface area contributed by atoms with Crippen molar-refractivity contribution in [3.8, 4) is 0 Å². The highest BCUT2D eigenvalue weighted by Gasteiger charge is 2.50. The second-order valence-corrected chi connectivity index (χ2v) is 5.49. The van der Waals surface area contributed by atoms with Gasteiger partial charge in [-0.05, 0) is 36.5 Å². The molecule has 0 amide bonds. The minimum Gasteiger partial charge on any atom is -0.480 e. The maximum Gasteiger partial charge on any atom is 0.320 e. The highest BCUT2D eigenvalue weighted by molar-refractivity contribution is 5.73. The van der Waals surface area contributed by atoms with Crippen molar-refractivity contribution in [2.24, 2.45) is 23.7 Å². The van der Waals surface area contributed by atoms with Crippen LogP contribution in [0.1, 0.15) is 19.8 Å². The van der Waals surface area contributed by atoms with Crippen molar-refractivity contribution in [3.05, 3.63) is 12.2 Å². The van der Waals surface area contributed by atoms with Gasteiger partial charge in [-0.2, -0.15) is 0 Å². The van der Waals surface area contributed by atoms with Crippen LogP contribution >= 0.6 is 0 Å². The number of likely N-dealkylation sites (tertiary alicyclic amines) is 1. The first kappa shape index (κ1) is 10.3. The van der Waals surface area contributed by atoms with Gasteiger partial charge in [0.1, 0.15) is 6.04 Å². The zero-order valence-electron chi connectivity index (χ0n) is 9.67. The number of allylic oxidation sites excluding steroid dienone is 2. The highest BCUT2D eigenvalue weighted by atomic mass is 16.4. The van der Waals surface area contributed by atoms with Crippen LogP contribution in [0.4, 0.5) is 0 Å². The third-order valence-electron chi connectivity index (χ3n) is 4.80. The standard InChI is InChI=1S/C13H19NO2/c1-2-12(13(15)16)14-6-10-8-3-4-9(5-8)11(10)7-14/h3-4,8-12H,2,5-7H2,1H3,(H,15,16). The van der Waals surface area contributed by atoms with Crippen molar-refractivity contribution >= 4 is 5.97 Å². The number of carbonyl (C=O) groups is 1. The number of carboxylic acids is 1. The molecule has 2 bridgehead atoms. The molecule has 1 heterocycles. The molecule has 0 aromatic carbocycles. The molecule has 1 saturated carbocycles. The molecule has 1 saturated heterocycles. The second-order valence-electron chi connectivity index (χ2n) is 5.49. The average Bonchev–Trinajstić information content (AvgIpc) is 2.88. The van der Waals surface area contributed by atoms with E-state index in [1.165, 1.54) is 6.42 Å². The quantitative estimate of drug-likeness (QED) is 0.736. The summed E-state index contributed by atoms with van der Waals surface area (Å²) in [6.07, 6.45) is 6.76. The lowest BCUT2D eigenvalue weighted by atomic mass is 9.86. The van der Waals surface area contributed by atoms with Crippen LogP contribution in [0.2, 0.25) is 0 Å². The van der Waals surface area contributed by atoms with Crippen molar-refractivity contribution in [1.29, 1.82) is 0 Å². The first-order chi connectivity index (χ1) is 7.70. The lowest BCUT2D eigenvalue weighted by Gasteiger charge is -2.24. The van der Waals surface area contributed by atoms with E-state index in [2.05, 4.69) is 17.1 Å². The van der Waals surface area contributed by atoms with E-state index in [0.29, 0.717) is 0 Å². The molecule has 88 valence electrons. The van der Waals surface area contributed by atoms with Crippen LogP contribution in [0.25, 0.3) is 0 Å². The molecule has 16 heavy (non-hydrogen) atoms. The third-order valence-corrected chi connectivity index (χ3v) is 4.80. The van der Waals surface area contributed by atoms with Gasteiger partial charge in [0.25, 0.3) is 0 Å². The summed E-state index contributed by atoms with van der Waals surface area (Å²) in [5.41, 5.74) is 0. The molecule has 3 heteroatoms. The van der Waals surface area contributed by atoms with Crippen molar-refractivity contribution in [3.63, 3.8) is 0 Å². The fourth-order valence-corrected chi connectivity index (χ4v) is 4.03. The summed E-state index contributed by atoms with van der Waals surface area (Å²) in [6, 6.07) is -0.259. The van der Waals surface area contributed by atoms with Gasteiger partial charge in [0.2, 0.25) is 0 Å². The van der Waals surface area contributed by atoms with Crippen molar-refractivity contribution < 1.29 is 9.90 Å². The number of aliphatic carboxylic acids is 1. The van der Waals surface area contributed by atoms with Crippen molar-refractivity contribution in [1.82, 2.24) is 4.90 Å². The van der Waals surface area contributed by atoms with Gasteiger partial charge >= 0.3 is 5.97 Å². The largest absolute Gasteiger partial charge is 0.480 e. The van der Waals surface area contributed by atoms with E-state index in [-0.39, 0.29) is 6.04 Å².